The number of nitrogens with zero attached hydrogens (tertiary/aromatic N) is 1. The maximum Gasteiger partial charge on any atom is 0.216 e. The van der Waals surface area contributed by atoms with Crippen LogP contribution in [0, 0.1) is 13.8 Å². The van der Waals surface area contributed by atoms with Gasteiger partial charge in [-0.1, -0.05) is 39.0 Å². The molecular formula is C21H28N+. The zero-order valence-electron chi connectivity index (χ0n) is 14.6. The SMILES string of the molecule is CCC1c2ccccc2-c2c(C)cc(C)c[n+]2C1(CC)CC. The average molecular weight is 294 g/mol. The monoisotopic (exact) mass is 294 g/mol. The van der Waals surface area contributed by atoms with Crippen LogP contribution in [-0.2, 0) is 5.54 Å². The highest BCUT2D eigenvalue weighted by molar-refractivity contribution is 5.67. The maximum absolute atomic E-state index is 2.62. The molecule has 0 saturated carbocycles. The van der Waals surface area contributed by atoms with Crippen molar-refractivity contribution in [2.75, 3.05) is 0 Å². The molecule has 0 bridgehead atoms. The van der Waals surface area contributed by atoms with Crippen LogP contribution in [0.5, 0.6) is 0 Å². The van der Waals surface area contributed by atoms with Crippen molar-refractivity contribution in [1.29, 1.82) is 0 Å². The summed E-state index contributed by atoms with van der Waals surface area (Å²) in [5, 5.41) is 0. The summed E-state index contributed by atoms with van der Waals surface area (Å²) in [7, 11) is 0. The van der Waals surface area contributed by atoms with E-state index in [1.165, 1.54) is 41.6 Å². The molecule has 1 nitrogen and oxygen atoms in total. The molecule has 0 aliphatic carbocycles. The lowest BCUT2D eigenvalue weighted by Crippen LogP contribution is -2.62. The van der Waals surface area contributed by atoms with E-state index < -0.39 is 0 Å². The average Bonchev–Trinajstić information content (AvgIpc) is 2.52. The van der Waals surface area contributed by atoms with E-state index in [9.17, 15) is 0 Å². The van der Waals surface area contributed by atoms with Crippen LogP contribution in [0.2, 0.25) is 0 Å². The highest BCUT2D eigenvalue weighted by Crippen LogP contribution is 2.47. The van der Waals surface area contributed by atoms with Gasteiger partial charge in [-0.15, -0.1) is 0 Å². The molecule has 1 aliphatic rings. The third-order valence-electron chi connectivity index (χ3n) is 5.74. The molecule has 1 atom stereocenters. The van der Waals surface area contributed by atoms with Gasteiger partial charge in [-0.05, 0) is 38.0 Å². The van der Waals surface area contributed by atoms with E-state index in [1.807, 2.05) is 0 Å². The molecule has 3 rings (SSSR count). The molecule has 1 heteroatoms. The van der Waals surface area contributed by atoms with Gasteiger partial charge in [0.25, 0.3) is 0 Å². The molecule has 0 saturated heterocycles. The fraction of sp³-hybridized carbons (Fsp3) is 0.476. The normalized spacial score (nSPS) is 18.7. The second-order valence-corrected chi connectivity index (χ2v) is 6.78. The lowest BCUT2D eigenvalue weighted by atomic mass is 9.69. The molecule has 1 aliphatic heterocycles. The molecule has 0 fully saturated rings. The molecule has 2 aromatic rings. The van der Waals surface area contributed by atoms with E-state index in [0.717, 1.165) is 0 Å². The molecule has 1 aromatic heterocycles. The molecule has 1 unspecified atom stereocenters. The lowest BCUT2D eigenvalue weighted by molar-refractivity contribution is -0.763. The Labute approximate surface area is 135 Å². The molecule has 0 N–H and O–H groups in total. The van der Waals surface area contributed by atoms with Crippen LogP contribution in [0.25, 0.3) is 11.3 Å². The molecular weight excluding hydrogens is 266 g/mol. The minimum atomic E-state index is 0.204. The summed E-state index contributed by atoms with van der Waals surface area (Å²) in [6, 6.07) is 11.4. The third kappa shape index (κ3) is 1.95. The number of rotatable bonds is 3. The third-order valence-corrected chi connectivity index (χ3v) is 5.74. The minimum absolute atomic E-state index is 0.204. The Bertz CT molecular complexity index is 695. The van der Waals surface area contributed by atoms with Gasteiger partial charge in [-0.25, -0.2) is 0 Å². The van der Waals surface area contributed by atoms with E-state index in [-0.39, 0.29) is 5.54 Å². The van der Waals surface area contributed by atoms with Crippen LogP contribution in [0.1, 0.15) is 62.6 Å². The largest absolute Gasteiger partial charge is 0.216 e. The van der Waals surface area contributed by atoms with Crippen molar-refractivity contribution in [2.45, 2.75) is 65.3 Å². The van der Waals surface area contributed by atoms with Gasteiger partial charge in [0.1, 0.15) is 0 Å². The predicted molar refractivity (Wildman–Crippen MR) is 93.1 cm³/mol. The molecule has 1 aromatic carbocycles. The van der Waals surface area contributed by atoms with Gasteiger partial charge in [0.15, 0.2) is 11.7 Å². The van der Waals surface area contributed by atoms with E-state index in [0.29, 0.717) is 5.92 Å². The van der Waals surface area contributed by atoms with Crippen molar-refractivity contribution >= 4 is 0 Å². The van der Waals surface area contributed by atoms with Crippen molar-refractivity contribution in [3.8, 4) is 11.3 Å². The second-order valence-electron chi connectivity index (χ2n) is 6.78. The summed E-state index contributed by atoms with van der Waals surface area (Å²) in [5.74, 6) is 0.595. The standard InChI is InChI=1S/C21H28N/c1-6-19-17-11-9-10-12-18(17)20-16(5)13-15(4)14-22(20)21(19,7-2)8-3/h9-14,19H,6-8H2,1-5H3/q+1. The van der Waals surface area contributed by atoms with Crippen LogP contribution in [0.15, 0.2) is 36.5 Å². The van der Waals surface area contributed by atoms with Crippen LogP contribution < -0.4 is 4.57 Å². The topological polar surface area (TPSA) is 3.88 Å². The van der Waals surface area contributed by atoms with Gasteiger partial charge in [0, 0.05) is 29.9 Å². The number of benzene rings is 1. The van der Waals surface area contributed by atoms with E-state index in [1.54, 1.807) is 5.56 Å². The summed E-state index contributed by atoms with van der Waals surface area (Å²) in [4.78, 5) is 0. The number of pyridine rings is 1. The minimum Gasteiger partial charge on any atom is -0.192 e. The Kier molecular flexibility index (Phi) is 3.84. The molecule has 22 heavy (non-hydrogen) atoms. The van der Waals surface area contributed by atoms with Crippen molar-refractivity contribution in [1.82, 2.24) is 0 Å². The van der Waals surface area contributed by atoms with Gasteiger partial charge >= 0.3 is 0 Å². The molecule has 116 valence electrons. The van der Waals surface area contributed by atoms with Gasteiger partial charge in [0.2, 0.25) is 5.69 Å². The number of aryl methyl sites for hydroxylation is 2. The number of fused-ring (bicyclic) bond motifs is 3. The first kappa shape index (κ1) is 15.3. The van der Waals surface area contributed by atoms with Crippen molar-refractivity contribution in [2.24, 2.45) is 0 Å². The lowest BCUT2D eigenvalue weighted by Gasteiger charge is -2.40. The molecule has 2 heterocycles. The predicted octanol–water partition coefficient (Wildman–Crippen LogP) is 5.28. The van der Waals surface area contributed by atoms with Crippen LogP contribution in [0.3, 0.4) is 0 Å². The Hall–Kier alpha value is -1.63. The first-order valence-corrected chi connectivity index (χ1v) is 8.71. The molecule has 0 radical (unpaired) electrons. The summed E-state index contributed by atoms with van der Waals surface area (Å²) < 4.78 is 2.62. The van der Waals surface area contributed by atoms with E-state index in [2.05, 4.69) is 75.7 Å². The fourth-order valence-electron chi connectivity index (χ4n) is 4.76. The van der Waals surface area contributed by atoms with Gasteiger partial charge in [-0.3, -0.25) is 0 Å². The Morgan fingerprint density at radius 3 is 2.36 bits per heavy atom. The first-order valence-electron chi connectivity index (χ1n) is 8.71. The summed E-state index contributed by atoms with van der Waals surface area (Å²) in [6.07, 6.45) is 5.93. The quantitative estimate of drug-likeness (QED) is 0.678. The van der Waals surface area contributed by atoms with Crippen LogP contribution in [-0.4, -0.2) is 0 Å². The second kappa shape index (κ2) is 5.53. The zero-order valence-corrected chi connectivity index (χ0v) is 14.6. The van der Waals surface area contributed by atoms with Crippen molar-refractivity contribution in [3.05, 3.63) is 53.2 Å². The summed E-state index contributed by atoms with van der Waals surface area (Å²) in [6.45, 7) is 11.5. The Balaban J connectivity index is 2.43. The van der Waals surface area contributed by atoms with E-state index >= 15 is 0 Å². The van der Waals surface area contributed by atoms with Crippen LogP contribution >= 0.6 is 0 Å². The summed E-state index contributed by atoms with van der Waals surface area (Å²) in [5.41, 5.74) is 7.37. The maximum atomic E-state index is 2.62. The Morgan fingerprint density at radius 2 is 1.73 bits per heavy atom. The molecule has 0 amide bonds. The zero-order chi connectivity index (χ0) is 15.9. The van der Waals surface area contributed by atoms with Crippen LogP contribution in [0.4, 0.5) is 0 Å². The highest BCUT2D eigenvalue weighted by atomic mass is 15.1. The summed E-state index contributed by atoms with van der Waals surface area (Å²) >= 11 is 0. The number of hydrogen-bond acceptors (Lipinski definition) is 0. The van der Waals surface area contributed by atoms with Crippen molar-refractivity contribution < 1.29 is 4.57 Å². The number of hydrogen-bond donors (Lipinski definition) is 0. The fourth-order valence-corrected chi connectivity index (χ4v) is 4.76. The van der Waals surface area contributed by atoms with Gasteiger partial charge in [-0.2, -0.15) is 4.57 Å². The Morgan fingerprint density at radius 1 is 1.05 bits per heavy atom. The smallest absolute Gasteiger partial charge is 0.192 e. The highest BCUT2D eigenvalue weighted by Gasteiger charge is 2.50. The van der Waals surface area contributed by atoms with Gasteiger partial charge in [0.05, 0.1) is 5.56 Å². The van der Waals surface area contributed by atoms with Crippen molar-refractivity contribution in [3.63, 3.8) is 0 Å². The van der Waals surface area contributed by atoms with E-state index in [4.69, 9.17) is 0 Å². The molecule has 0 spiro atoms. The number of aromatic nitrogens is 1. The first-order chi connectivity index (χ1) is 10.6. The van der Waals surface area contributed by atoms with Gasteiger partial charge < -0.3 is 0 Å².